The van der Waals surface area contributed by atoms with Gasteiger partial charge in [-0.1, -0.05) is 20.3 Å². The average molecular weight is 317 g/mol. The molecule has 0 amide bonds. The fourth-order valence-corrected chi connectivity index (χ4v) is 3.94. The Morgan fingerprint density at radius 3 is 2.82 bits per heavy atom. The first-order valence-corrected chi connectivity index (χ1v) is 7.90. The largest absolute Gasteiger partial charge is 0.326 e. The van der Waals surface area contributed by atoms with Gasteiger partial charge >= 0.3 is 0 Å². The standard InChI is InChI=1S/C13H21BrN2S/c1-13(2,12-6-9(14)7-17-12)8-16-11-5-3-4-10(11)15/h6-7,10-11,16H,3-5,8,15H2,1-2H3. The molecule has 1 saturated carbocycles. The van der Waals surface area contributed by atoms with Gasteiger partial charge in [0.05, 0.1) is 0 Å². The molecule has 0 aliphatic heterocycles. The minimum Gasteiger partial charge on any atom is -0.326 e. The highest BCUT2D eigenvalue weighted by Gasteiger charge is 2.28. The molecule has 2 rings (SSSR count). The van der Waals surface area contributed by atoms with Crippen molar-refractivity contribution >= 4 is 27.3 Å². The third-order valence-corrected chi connectivity index (χ3v) is 5.67. The molecule has 96 valence electrons. The molecule has 1 aliphatic rings. The molecule has 3 N–H and O–H groups in total. The van der Waals surface area contributed by atoms with E-state index in [1.165, 1.54) is 28.6 Å². The van der Waals surface area contributed by atoms with E-state index in [1.807, 2.05) is 11.3 Å². The van der Waals surface area contributed by atoms with Crippen LogP contribution in [0, 0.1) is 0 Å². The number of halogens is 1. The second kappa shape index (κ2) is 5.39. The molecule has 1 heterocycles. The molecule has 0 aromatic carbocycles. The van der Waals surface area contributed by atoms with Crippen LogP contribution in [0.5, 0.6) is 0 Å². The molecule has 1 aliphatic carbocycles. The molecule has 1 aromatic heterocycles. The third kappa shape index (κ3) is 3.31. The molecule has 0 saturated heterocycles. The van der Waals surface area contributed by atoms with E-state index in [0.29, 0.717) is 12.1 Å². The molecular weight excluding hydrogens is 296 g/mol. The molecule has 2 unspecified atom stereocenters. The molecule has 1 aromatic rings. The maximum absolute atomic E-state index is 6.08. The first-order valence-electron chi connectivity index (χ1n) is 6.22. The van der Waals surface area contributed by atoms with Gasteiger partial charge < -0.3 is 11.1 Å². The first kappa shape index (κ1) is 13.5. The SMILES string of the molecule is CC(C)(CNC1CCCC1N)c1cc(Br)cs1. The quantitative estimate of drug-likeness (QED) is 0.894. The highest BCUT2D eigenvalue weighted by Crippen LogP contribution is 2.31. The van der Waals surface area contributed by atoms with E-state index in [0.717, 1.165) is 6.54 Å². The summed E-state index contributed by atoms with van der Waals surface area (Å²) in [7, 11) is 0. The smallest absolute Gasteiger partial charge is 0.0285 e. The lowest BCUT2D eigenvalue weighted by atomic mass is 9.91. The normalized spacial score (nSPS) is 25.4. The maximum atomic E-state index is 6.08. The zero-order valence-electron chi connectivity index (χ0n) is 10.5. The Hall–Kier alpha value is 0.1000. The summed E-state index contributed by atoms with van der Waals surface area (Å²) in [5.41, 5.74) is 6.26. The first-order chi connectivity index (χ1) is 7.99. The van der Waals surface area contributed by atoms with Crippen molar-refractivity contribution in [1.29, 1.82) is 0 Å². The molecule has 2 nitrogen and oxygen atoms in total. The van der Waals surface area contributed by atoms with Crippen molar-refractivity contribution in [3.8, 4) is 0 Å². The van der Waals surface area contributed by atoms with E-state index in [-0.39, 0.29) is 5.41 Å². The summed E-state index contributed by atoms with van der Waals surface area (Å²) < 4.78 is 1.18. The molecule has 4 heteroatoms. The van der Waals surface area contributed by atoms with Crippen molar-refractivity contribution in [2.24, 2.45) is 5.73 Å². The minimum atomic E-state index is 0.180. The van der Waals surface area contributed by atoms with Gasteiger partial charge in [-0.05, 0) is 34.8 Å². The van der Waals surface area contributed by atoms with Gasteiger partial charge in [0.15, 0.2) is 0 Å². The Balaban J connectivity index is 1.93. The molecule has 17 heavy (non-hydrogen) atoms. The van der Waals surface area contributed by atoms with Crippen LogP contribution in [0.4, 0.5) is 0 Å². The Bertz CT molecular complexity index is 375. The van der Waals surface area contributed by atoms with Gasteiger partial charge in [0, 0.05) is 38.8 Å². The van der Waals surface area contributed by atoms with E-state index >= 15 is 0 Å². The molecule has 2 atom stereocenters. The van der Waals surface area contributed by atoms with E-state index in [2.05, 4.69) is 46.5 Å². The zero-order chi connectivity index (χ0) is 12.5. The second-order valence-corrected chi connectivity index (χ2v) is 7.42. The highest BCUT2D eigenvalue weighted by atomic mass is 79.9. The number of thiophene rings is 1. The minimum absolute atomic E-state index is 0.180. The topological polar surface area (TPSA) is 38.0 Å². The van der Waals surface area contributed by atoms with Crippen LogP contribution in [-0.4, -0.2) is 18.6 Å². The number of rotatable bonds is 4. The number of nitrogens with one attached hydrogen (secondary N) is 1. The predicted molar refractivity (Wildman–Crippen MR) is 78.7 cm³/mol. The Morgan fingerprint density at radius 1 is 1.53 bits per heavy atom. The van der Waals surface area contributed by atoms with Gasteiger partial charge in [0.1, 0.15) is 0 Å². The van der Waals surface area contributed by atoms with Gasteiger partial charge in [-0.25, -0.2) is 0 Å². The van der Waals surface area contributed by atoms with Crippen molar-refractivity contribution in [1.82, 2.24) is 5.32 Å². The molecule has 0 bridgehead atoms. The average Bonchev–Trinajstić information content (AvgIpc) is 2.85. The number of hydrogen-bond donors (Lipinski definition) is 2. The van der Waals surface area contributed by atoms with Crippen molar-refractivity contribution in [2.75, 3.05) is 6.54 Å². The second-order valence-electron chi connectivity index (χ2n) is 5.60. The molecule has 1 fully saturated rings. The summed E-state index contributed by atoms with van der Waals surface area (Å²) >= 11 is 5.34. The number of hydrogen-bond acceptors (Lipinski definition) is 3. The maximum Gasteiger partial charge on any atom is 0.0285 e. The van der Waals surface area contributed by atoms with Gasteiger partial charge in [-0.15, -0.1) is 11.3 Å². The van der Waals surface area contributed by atoms with Crippen LogP contribution in [-0.2, 0) is 5.41 Å². The lowest BCUT2D eigenvalue weighted by molar-refractivity contribution is 0.404. The van der Waals surface area contributed by atoms with Gasteiger partial charge in [0.25, 0.3) is 0 Å². The number of nitrogens with two attached hydrogens (primary N) is 1. The van der Waals surface area contributed by atoms with Crippen LogP contribution in [0.2, 0.25) is 0 Å². The Labute approximate surface area is 116 Å². The van der Waals surface area contributed by atoms with E-state index in [1.54, 1.807) is 0 Å². The summed E-state index contributed by atoms with van der Waals surface area (Å²) in [6.45, 7) is 5.58. The summed E-state index contributed by atoms with van der Waals surface area (Å²) in [4.78, 5) is 1.42. The fourth-order valence-electron chi connectivity index (χ4n) is 2.38. The molecular formula is C13H21BrN2S. The highest BCUT2D eigenvalue weighted by molar-refractivity contribution is 9.10. The summed E-state index contributed by atoms with van der Waals surface area (Å²) in [5.74, 6) is 0. The van der Waals surface area contributed by atoms with Gasteiger partial charge in [0.2, 0.25) is 0 Å². The monoisotopic (exact) mass is 316 g/mol. The van der Waals surface area contributed by atoms with Crippen molar-refractivity contribution in [2.45, 2.75) is 50.6 Å². The molecule has 0 radical (unpaired) electrons. The Morgan fingerprint density at radius 2 is 2.29 bits per heavy atom. The van der Waals surface area contributed by atoms with Crippen LogP contribution in [0.15, 0.2) is 15.9 Å². The molecule has 0 spiro atoms. The predicted octanol–water partition coefficient (Wildman–Crippen LogP) is 3.26. The van der Waals surface area contributed by atoms with Crippen LogP contribution in [0.25, 0.3) is 0 Å². The van der Waals surface area contributed by atoms with E-state index < -0.39 is 0 Å². The van der Waals surface area contributed by atoms with E-state index in [4.69, 9.17) is 5.73 Å². The Kier molecular flexibility index (Phi) is 4.29. The summed E-state index contributed by atoms with van der Waals surface area (Å²) in [6.07, 6.45) is 3.66. The van der Waals surface area contributed by atoms with E-state index in [9.17, 15) is 0 Å². The third-order valence-electron chi connectivity index (χ3n) is 3.61. The van der Waals surface area contributed by atoms with Crippen molar-refractivity contribution in [3.63, 3.8) is 0 Å². The van der Waals surface area contributed by atoms with Gasteiger partial charge in [-0.3, -0.25) is 0 Å². The van der Waals surface area contributed by atoms with Crippen LogP contribution >= 0.6 is 27.3 Å². The lowest BCUT2D eigenvalue weighted by Gasteiger charge is -2.27. The van der Waals surface area contributed by atoms with Crippen molar-refractivity contribution in [3.05, 3.63) is 20.8 Å². The summed E-state index contributed by atoms with van der Waals surface area (Å²) in [6, 6.07) is 3.08. The van der Waals surface area contributed by atoms with Crippen LogP contribution in [0.3, 0.4) is 0 Å². The lowest BCUT2D eigenvalue weighted by Crippen LogP contribution is -2.45. The van der Waals surface area contributed by atoms with Gasteiger partial charge in [-0.2, -0.15) is 0 Å². The van der Waals surface area contributed by atoms with Crippen molar-refractivity contribution < 1.29 is 0 Å². The zero-order valence-corrected chi connectivity index (χ0v) is 12.9. The summed E-state index contributed by atoms with van der Waals surface area (Å²) in [5, 5.41) is 5.80. The fraction of sp³-hybridized carbons (Fsp3) is 0.692. The van der Waals surface area contributed by atoms with Crippen LogP contribution in [0.1, 0.15) is 38.0 Å². The van der Waals surface area contributed by atoms with Crippen LogP contribution < -0.4 is 11.1 Å².